The van der Waals surface area contributed by atoms with Gasteiger partial charge in [0.25, 0.3) is 5.69 Å². The molecular weight excluding hydrogens is 363 g/mol. The fourth-order valence-corrected chi connectivity index (χ4v) is 9.82. The van der Waals surface area contributed by atoms with Gasteiger partial charge >= 0.3 is 0 Å². The molecule has 3 nitrogen and oxygen atoms in total. The van der Waals surface area contributed by atoms with Crippen molar-refractivity contribution in [2.45, 2.75) is 65.0 Å². The molecule has 1 unspecified atom stereocenters. The minimum Gasteiger partial charge on any atom is -0.401 e. The zero-order valence-electron chi connectivity index (χ0n) is 15.1. The summed E-state index contributed by atoms with van der Waals surface area (Å²) < 4.78 is 18.4. The fourth-order valence-electron chi connectivity index (χ4n) is 1.79. The summed E-state index contributed by atoms with van der Waals surface area (Å²) in [4.78, 5) is 0. The maximum Gasteiger partial charge on any atom is 0.250 e. The highest BCUT2D eigenvalue weighted by Gasteiger charge is 2.32. The van der Waals surface area contributed by atoms with Gasteiger partial charge in [0.1, 0.15) is 5.44 Å². The number of hydrogen-bond acceptors (Lipinski definition) is 5. The summed E-state index contributed by atoms with van der Waals surface area (Å²) in [5.74, 6) is 0. The van der Waals surface area contributed by atoms with Crippen LogP contribution in [0.2, 0.25) is 19.6 Å². The van der Waals surface area contributed by atoms with Crippen molar-refractivity contribution in [3.8, 4) is 0 Å². The molecule has 0 fully saturated rings. The molecule has 132 valence electrons. The van der Waals surface area contributed by atoms with Crippen LogP contribution < -0.4 is 0 Å². The molecule has 7 heteroatoms. The van der Waals surface area contributed by atoms with E-state index in [1.54, 1.807) is 0 Å². The van der Waals surface area contributed by atoms with Crippen molar-refractivity contribution in [3.63, 3.8) is 0 Å². The van der Waals surface area contributed by atoms with Crippen LogP contribution in [0.5, 0.6) is 0 Å². The minimum absolute atomic E-state index is 0.0235. The first-order valence-electron chi connectivity index (χ1n) is 7.89. The van der Waals surface area contributed by atoms with Gasteiger partial charge < -0.3 is 13.5 Å². The Labute approximate surface area is 151 Å². The van der Waals surface area contributed by atoms with E-state index in [2.05, 4.69) is 31.8 Å². The molecule has 0 aliphatic carbocycles. The summed E-state index contributed by atoms with van der Waals surface area (Å²) in [6.45, 7) is 14.5. The van der Waals surface area contributed by atoms with Gasteiger partial charge in [0.05, 0.1) is 12.2 Å². The Morgan fingerprint density at radius 3 is 1.83 bits per heavy atom. The summed E-state index contributed by atoms with van der Waals surface area (Å²) in [5.41, 5.74) is -1.55. The van der Waals surface area contributed by atoms with Gasteiger partial charge in [-0.3, -0.25) is 0 Å². The van der Waals surface area contributed by atoms with E-state index in [-0.39, 0.29) is 17.6 Å². The minimum atomic E-state index is -2.49. The first kappa shape index (κ1) is 21.4. The van der Waals surface area contributed by atoms with E-state index in [0.717, 1.165) is 5.56 Å². The van der Waals surface area contributed by atoms with Gasteiger partial charge in [0, 0.05) is 0 Å². The van der Waals surface area contributed by atoms with Gasteiger partial charge in [-0.15, -0.1) is 0 Å². The van der Waals surface area contributed by atoms with E-state index in [9.17, 15) is 0 Å². The van der Waals surface area contributed by atoms with E-state index < -0.39 is 14.0 Å². The normalized spacial score (nSPS) is 14.5. The van der Waals surface area contributed by atoms with Gasteiger partial charge in [-0.05, 0) is 76.1 Å². The van der Waals surface area contributed by atoms with Crippen molar-refractivity contribution in [1.29, 1.82) is 0 Å². The van der Waals surface area contributed by atoms with E-state index >= 15 is 0 Å². The topological polar surface area (TPSA) is 27.7 Å². The van der Waals surface area contributed by atoms with Gasteiger partial charge in [-0.2, -0.15) is 0 Å². The SMILES string of the molecule is CC(C)OP(=S)(OC(C)C)SC(O[Si](C)(C)C)c1ccccc1. The highest BCUT2D eigenvalue weighted by atomic mass is 32.9. The van der Waals surface area contributed by atoms with Crippen LogP contribution in [-0.2, 0) is 25.3 Å². The van der Waals surface area contributed by atoms with Crippen LogP contribution in [0.3, 0.4) is 0 Å². The molecule has 0 aromatic heterocycles. The molecule has 1 atom stereocenters. The summed E-state index contributed by atoms with van der Waals surface area (Å²) in [5, 5.41) is 0. The molecule has 0 radical (unpaired) electrons. The molecule has 0 aliphatic heterocycles. The van der Waals surface area contributed by atoms with Crippen LogP contribution in [-0.4, -0.2) is 20.5 Å². The zero-order chi connectivity index (χ0) is 17.7. The molecule has 0 saturated carbocycles. The third-order valence-electron chi connectivity index (χ3n) is 2.44. The van der Waals surface area contributed by atoms with Gasteiger partial charge in [-0.1, -0.05) is 30.3 Å². The van der Waals surface area contributed by atoms with Crippen molar-refractivity contribution >= 4 is 37.2 Å². The third kappa shape index (κ3) is 8.82. The van der Waals surface area contributed by atoms with Crippen LogP contribution in [0, 0.1) is 0 Å². The summed E-state index contributed by atoms with van der Waals surface area (Å²) in [7, 11) is -1.74. The molecule has 0 saturated heterocycles. The lowest BCUT2D eigenvalue weighted by Gasteiger charge is -2.32. The second-order valence-corrected chi connectivity index (χ2v) is 17.5. The Kier molecular flexibility index (Phi) is 8.48. The Morgan fingerprint density at radius 1 is 0.957 bits per heavy atom. The largest absolute Gasteiger partial charge is 0.401 e. The Hall–Kier alpha value is 0.317. The lowest BCUT2D eigenvalue weighted by Crippen LogP contribution is -2.27. The highest BCUT2D eigenvalue weighted by Crippen LogP contribution is 2.67. The van der Waals surface area contributed by atoms with Crippen LogP contribution in [0.25, 0.3) is 0 Å². The Morgan fingerprint density at radius 2 is 1.43 bits per heavy atom. The van der Waals surface area contributed by atoms with Crippen molar-refractivity contribution in [3.05, 3.63) is 35.9 Å². The van der Waals surface area contributed by atoms with Crippen molar-refractivity contribution in [2.75, 3.05) is 0 Å². The van der Waals surface area contributed by atoms with Crippen LogP contribution in [0.4, 0.5) is 0 Å². The monoisotopic (exact) mass is 392 g/mol. The van der Waals surface area contributed by atoms with E-state index in [1.807, 2.05) is 45.9 Å². The second kappa shape index (κ2) is 9.14. The first-order chi connectivity index (χ1) is 10.5. The Balaban J connectivity index is 3.07. The molecule has 1 aromatic carbocycles. The average molecular weight is 393 g/mol. The first-order valence-corrected chi connectivity index (χ1v) is 15.4. The molecule has 0 bridgehead atoms. The molecule has 23 heavy (non-hydrogen) atoms. The maximum atomic E-state index is 6.39. The van der Waals surface area contributed by atoms with E-state index in [4.69, 9.17) is 25.3 Å². The number of hydrogen-bond donors (Lipinski definition) is 0. The Bertz CT molecular complexity index is 504. The van der Waals surface area contributed by atoms with Gasteiger partial charge in [0.2, 0.25) is 0 Å². The molecule has 0 amide bonds. The molecule has 0 aliphatic rings. The maximum absolute atomic E-state index is 6.39. The molecule has 0 N–H and O–H groups in total. The summed E-state index contributed by atoms with van der Waals surface area (Å²) in [6, 6.07) is 10.2. The van der Waals surface area contributed by atoms with E-state index in [1.165, 1.54) is 11.4 Å². The van der Waals surface area contributed by atoms with Crippen LogP contribution >= 0.6 is 17.1 Å². The number of benzene rings is 1. The fraction of sp³-hybridized carbons (Fsp3) is 0.625. The van der Waals surface area contributed by atoms with Crippen molar-refractivity contribution in [2.24, 2.45) is 0 Å². The molecule has 0 spiro atoms. The lowest BCUT2D eigenvalue weighted by molar-refractivity contribution is 0.185. The van der Waals surface area contributed by atoms with E-state index in [0.29, 0.717) is 0 Å². The zero-order valence-corrected chi connectivity index (χ0v) is 18.6. The lowest BCUT2D eigenvalue weighted by atomic mass is 10.2. The van der Waals surface area contributed by atoms with Crippen LogP contribution in [0.1, 0.15) is 38.7 Å². The predicted octanol–water partition coefficient (Wildman–Crippen LogP) is 6.34. The quantitative estimate of drug-likeness (QED) is 0.277. The second-order valence-electron chi connectivity index (χ2n) is 6.83. The van der Waals surface area contributed by atoms with Crippen LogP contribution in [0.15, 0.2) is 30.3 Å². The van der Waals surface area contributed by atoms with Gasteiger partial charge in [-0.25, -0.2) is 0 Å². The summed E-state index contributed by atoms with van der Waals surface area (Å²) >= 11 is 7.31. The smallest absolute Gasteiger partial charge is 0.250 e. The average Bonchev–Trinajstić information content (AvgIpc) is 2.35. The standard InChI is InChI=1S/C16H29O3PS2Si/c1-13(2)17-20(21,18-14(3)4)22-16(19-23(5,6)7)15-11-9-8-10-12-15/h8-14,16H,1-7H3. The predicted molar refractivity (Wildman–Crippen MR) is 108 cm³/mol. The van der Waals surface area contributed by atoms with Crippen molar-refractivity contribution < 1.29 is 13.5 Å². The highest BCUT2D eigenvalue weighted by molar-refractivity contribution is 8.67. The van der Waals surface area contributed by atoms with Gasteiger partial charge in [0.15, 0.2) is 8.32 Å². The molecular formula is C16H29O3PS2Si. The summed E-state index contributed by atoms with van der Waals surface area (Å²) in [6.07, 6.45) is 0.0470. The number of rotatable bonds is 9. The molecule has 0 heterocycles. The van der Waals surface area contributed by atoms with Crippen molar-refractivity contribution in [1.82, 2.24) is 0 Å². The molecule has 1 rings (SSSR count). The third-order valence-corrected chi connectivity index (χ3v) is 8.88. The molecule has 1 aromatic rings.